The fourth-order valence-corrected chi connectivity index (χ4v) is 4.21. The predicted molar refractivity (Wildman–Crippen MR) is 174 cm³/mol. The number of benzene rings is 4. The molecular formula is C36H27N5. The second-order valence-corrected chi connectivity index (χ2v) is 9.37. The third-order valence-corrected chi connectivity index (χ3v) is 6.27. The van der Waals surface area contributed by atoms with Gasteiger partial charge < -0.3 is 5.32 Å². The predicted octanol–water partition coefficient (Wildman–Crippen LogP) is 9.37. The molecule has 0 spiro atoms. The number of nitrogens with one attached hydrogen (secondary N) is 1. The lowest BCUT2D eigenvalue weighted by molar-refractivity contribution is 1.47. The van der Waals surface area contributed by atoms with Crippen LogP contribution in [0.25, 0.3) is 0 Å². The van der Waals surface area contributed by atoms with E-state index < -0.39 is 0 Å². The zero-order valence-corrected chi connectivity index (χ0v) is 22.3. The molecule has 0 bridgehead atoms. The molecule has 2 aliphatic rings. The minimum atomic E-state index is 0.886. The van der Waals surface area contributed by atoms with Crippen molar-refractivity contribution < 1.29 is 0 Å². The maximum atomic E-state index is 4.73. The van der Waals surface area contributed by atoms with E-state index in [9.17, 15) is 0 Å². The highest BCUT2D eigenvalue weighted by atomic mass is 14.9. The first-order valence-corrected chi connectivity index (χ1v) is 13.4. The summed E-state index contributed by atoms with van der Waals surface area (Å²) in [6, 6.07) is 36.0. The Morgan fingerprint density at radius 3 is 0.854 bits per heavy atom. The highest BCUT2D eigenvalue weighted by molar-refractivity contribution is 6.20. The fraction of sp³-hybridized carbons (Fsp3) is 0. The van der Waals surface area contributed by atoms with Crippen molar-refractivity contribution in [3.05, 3.63) is 158 Å². The smallest absolute Gasteiger partial charge is 0.0638 e. The Morgan fingerprint density at radius 2 is 0.561 bits per heavy atom. The third kappa shape index (κ3) is 7.25. The molecule has 0 atom stereocenters. The Balaban J connectivity index is 1.04. The van der Waals surface area contributed by atoms with Gasteiger partial charge in [-0.05, 0) is 121 Å². The number of hydrogen-bond acceptors (Lipinski definition) is 5. The molecule has 4 aromatic carbocycles. The van der Waals surface area contributed by atoms with Crippen LogP contribution >= 0.6 is 0 Å². The molecular weight excluding hydrogens is 502 g/mol. The Kier molecular flexibility index (Phi) is 7.77. The normalized spacial score (nSPS) is 13.8. The number of nitrogens with zero attached hydrogens (tertiary/aromatic N) is 4. The fourth-order valence-electron chi connectivity index (χ4n) is 4.21. The lowest BCUT2D eigenvalue weighted by atomic mass is 10.1. The molecule has 41 heavy (non-hydrogen) atoms. The van der Waals surface area contributed by atoms with E-state index in [0.29, 0.717) is 0 Å². The highest BCUT2D eigenvalue weighted by Crippen LogP contribution is 2.24. The molecule has 0 radical (unpaired) electrons. The maximum Gasteiger partial charge on any atom is 0.0638 e. The second kappa shape index (κ2) is 12.5. The quantitative estimate of drug-likeness (QED) is 0.249. The topological polar surface area (TPSA) is 61.5 Å². The van der Waals surface area contributed by atoms with E-state index in [-0.39, 0.29) is 0 Å². The van der Waals surface area contributed by atoms with Gasteiger partial charge in [0.05, 0.1) is 45.6 Å². The summed E-state index contributed by atoms with van der Waals surface area (Å²) in [7, 11) is 0. The average Bonchev–Trinajstić information content (AvgIpc) is 3.02. The van der Waals surface area contributed by atoms with Crippen molar-refractivity contribution in [2.45, 2.75) is 0 Å². The highest BCUT2D eigenvalue weighted by Gasteiger charge is 2.03. The Morgan fingerprint density at radius 1 is 0.293 bits per heavy atom. The standard InChI is InChI=1S/C36H27N5/c1-3-7-27(8-4-1)37-29-11-15-31(16-12-29)39-33-19-23-35(24-20-33)41-36-25-21-34(22-26-36)40-32-17-13-30(14-18-32)38-28-9-5-2-6-10-28/h1-26,41H. The van der Waals surface area contributed by atoms with Gasteiger partial charge in [-0.15, -0.1) is 0 Å². The summed E-state index contributed by atoms with van der Waals surface area (Å²) in [5.41, 5.74) is 9.21. The van der Waals surface area contributed by atoms with Crippen molar-refractivity contribution in [1.82, 2.24) is 0 Å². The summed E-state index contributed by atoms with van der Waals surface area (Å²) in [4.78, 5) is 18.7. The van der Waals surface area contributed by atoms with E-state index in [0.717, 1.165) is 57.0 Å². The van der Waals surface area contributed by atoms with Gasteiger partial charge in [0.2, 0.25) is 0 Å². The molecule has 5 nitrogen and oxygen atoms in total. The lowest BCUT2D eigenvalue weighted by Gasteiger charge is -2.08. The first kappa shape index (κ1) is 25.6. The lowest BCUT2D eigenvalue weighted by Crippen LogP contribution is -1.99. The van der Waals surface area contributed by atoms with Crippen LogP contribution in [0, 0.1) is 0 Å². The molecule has 1 N–H and O–H groups in total. The first-order valence-electron chi connectivity index (χ1n) is 13.4. The molecule has 0 saturated heterocycles. The van der Waals surface area contributed by atoms with Gasteiger partial charge in [0.15, 0.2) is 0 Å². The van der Waals surface area contributed by atoms with Crippen LogP contribution in [-0.4, -0.2) is 22.8 Å². The van der Waals surface area contributed by atoms with Gasteiger partial charge in [0, 0.05) is 11.4 Å². The maximum absolute atomic E-state index is 4.73. The largest absolute Gasteiger partial charge is 0.356 e. The average molecular weight is 530 g/mol. The van der Waals surface area contributed by atoms with Crippen molar-refractivity contribution >= 4 is 57.0 Å². The van der Waals surface area contributed by atoms with Crippen molar-refractivity contribution in [2.24, 2.45) is 20.0 Å². The van der Waals surface area contributed by atoms with Crippen LogP contribution in [0.15, 0.2) is 178 Å². The molecule has 6 rings (SSSR count). The molecule has 196 valence electrons. The molecule has 4 aromatic rings. The number of rotatable bonds is 6. The van der Waals surface area contributed by atoms with Crippen LogP contribution < -0.4 is 5.32 Å². The number of anilines is 2. The van der Waals surface area contributed by atoms with Crippen molar-refractivity contribution in [3.63, 3.8) is 0 Å². The van der Waals surface area contributed by atoms with Gasteiger partial charge in [-0.25, -0.2) is 20.0 Å². The molecule has 0 heterocycles. The van der Waals surface area contributed by atoms with Gasteiger partial charge in [0.25, 0.3) is 0 Å². The van der Waals surface area contributed by atoms with Crippen LogP contribution in [0.1, 0.15) is 0 Å². The summed E-state index contributed by atoms with van der Waals surface area (Å²) >= 11 is 0. The van der Waals surface area contributed by atoms with Crippen LogP contribution in [0.2, 0.25) is 0 Å². The van der Waals surface area contributed by atoms with Crippen LogP contribution in [0.5, 0.6) is 0 Å². The van der Waals surface area contributed by atoms with Gasteiger partial charge in [-0.1, -0.05) is 36.4 Å². The summed E-state index contributed by atoms with van der Waals surface area (Å²) in [6.07, 6.45) is 15.8. The molecule has 0 unspecified atom stereocenters. The number of aliphatic imine (C=N–C) groups is 4. The van der Waals surface area contributed by atoms with Crippen LogP contribution in [-0.2, 0) is 0 Å². The Hall–Kier alpha value is -5.68. The summed E-state index contributed by atoms with van der Waals surface area (Å²) < 4.78 is 0. The van der Waals surface area contributed by atoms with Gasteiger partial charge in [-0.2, -0.15) is 0 Å². The van der Waals surface area contributed by atoms with Gasteiger partial charge in [0.1, 0.15) is 0 Å². The molecule has 0 fully saturated rings. The summed E-state index contributed by atoms with van der Waals surface area (Å²) in [5, 5.41) is 3.44. The molecule has 5 heteroatoms. The van der Waals surface area contributed by atoms with E-state index in [1.54, 1.807) is 0 Å². The minimum Gasteiger partial charge on any atom is -0.356 e. The summed E-state index contributed by atoms with van der Waals surface area (Å²) in [5.74, 6) is 0. The Labute approximate surface area is 239 Å². The number of hydrogen-bond donors (Lipinski definition) is 1. The minimum absolute atomic E-state index is 0.886. The van der Waals surface area contributed by atoms with Gasteiger partial charge >= 0.3 is 0 Å². The molecule has 0 saturated carbocycles. The molecule has 0 aliphatic heterocycles. The van der Waals surface area contributed by atoms with E-state index in [1.807, 2.05) is 158 Å². The molecule has 0 amide bonds. The zero-order chi connectivity index (χ0) is 27.7. The number of para-hydroxylation sites is 2. The molecule has 0 aromatic heterocycles. The third-order valence-electron chi connectivity index (χ3n) is 6.27. The van der Waals surface area contributed by atoms with Crippen molar-refractivity contribution in [1.29, 1.82) is 0 Å². The summed E-state index contributed by atoms with van der Waals surface area (Å²) in [6.45, 7) is 0. The second-order valence-electron chi connectivity index (χ2n) is 9.37. The zero-order valence-electron chi connectivity index (χ0n) is 22.3. The van der Waals surface area contributed by atoms with Gasteiger partial charge in [-0.3, -0.25) is 0 Å². The molecule has 2 aliphatic carbocycles. The van der Waals surface area contributed by atoms with Crippen molar-refractivity contribution in [2.75, 3.05) is 5.32 Å². The van der Waals surface area contributed by atoms with Crippen molar-refractivity contribution in [3.8, 4) is 0 Å². The van der Waals surface area contributed by atoms with E-state index in [1.165, 1.54) is 0 Å². The van der Waals surface area contributed by atoms with E-state index >= 15 is 0 Å². The van der Waals surface area contributed by atoms with E-state index in [2.05, 4.69) is 15.3 Å². The Bertz CT molecular complexity index is 1580. The van der Waals surface area contributed by atoms with E-state index in [4.69, 9.17) is 9.98 Å². The first-order chi connectivity index (χ1) is 20.2. The SMILES string of the molecule is C1=CC(=Nc2ccc(Nc3ccc(N=C4C=CC(=Nc5ccccc5)C=C4)cc3)cc2)C=CC1=Nc1ccccc1. The monoisotopic (exact) mass is 529 g/mol. The number of allylic oxidation sites excluding steroid dienone is 8. The van der Waals surface area contributed by atoms with Crippen LogP contribution in [0.4, 0.5) is 34.1 Å². The van der Waals surface area contributed by atoms with Crippen LogP contribution in [0.3, 0.4) is 0 Å².